The van der Waals surface area contributed by atoms with E-state index >= 15 is 0 Å². The van der Waals surface area contributed by atoms with Crippen LogP contribution in [0, 0.1) is 33.5 Å². The van der Waals surface area contributed by atoms with Gasteiger partial charge in [0.25, 0.3) is 0 Å². The SMILES string of the molecule is CC(=O)O[C@H]1C[C@@]2(C)C3=CC(=O)[C@@](O)(c4ccoc4)[C@]3(C)CC[C@@H]2[C@@]2(C)C=CC(=O)C(C)(C)[C@@H]12. The Labute approximate surface area is 200 Å². The summed E-state index contributed by atoms with van der Waals surface area (Å²) in [5.74, 6) is -0.744. The number of rotatable bonds is 2. The van der Waals surface area contributed by atoms with Crippen LogP contribution in [0.3, 0.4) is 0 Å². The molecule has 182 valence electrons. The number of fused-ring (bicyclic) bond motifs is 5. The summed E-state index contributed by atoms with van der Waals surface area (Å²) in [5.41, 5.74) is -2.76. The van der Waals surface area contributed by atoms with Crippen LogP contribution in [0.5, 0.6) is 0 Å². The van der Waals surface area contributed by atoms with Gasteiger partial charge in [0.15, 0.2) is 17.2 Å². The summed E-state index contributed by atoms with van der Waals surface area (Å²) in [6.45, 7) is 11.6. The number of allylic oxidation sites excluding steroid dienone is 2. The molecule has 6 heteroatoms. The van der Waals surface area contributed by atoms with Crippen LogP contribution in [0.15, 0.2) is 46.8 Å². The number of hydrogen-bond acceptors (Lipinski definition) is 6. The van der Waals surface area contributed by atoms with Crippen molar-refractivity contribution in [2.75, 3.05) is 0 Å². The summed E-state index contributed by atoms with van der Waals surface area (Å²) in [7, 11) is 0. The zero-order chi connectivity index (χ0) is 24.9. The van der Waals surface area contributed by atoms with Gasteiger partial charge in [-0.3, -0.25) is 14.4 Å². The number of ketones is 2. The number of aliphatic hydroxyl groups is 1. The Morgan fingerprint density at radius 2 is 1.85 bits per heavy atom. The van der Waals surface area contributed by atoms with E-state index in [0.717, 1.165) is 12.0 Å². The van der Waals surface area contributed by atoms with E-state index in [4.69, 9.17) is 9.15 Å². The lowest BCUT2D eigenvalue weighted by Gasteiger charge is -2.66. The zero-order valence-corrected chi connectivity index (χ0v) is 20.8. The molecule has 0 spiro atoms. The lowest BCUT2D eigenvalue weighted by molar-refractivity contribution is -0.192. The molecule has 6 nitrogen and oxygen atoms in total. The predicted octanol–water partition coefficient (Wildman–Crippen LogP) is 4.52. The second kappa shape index (κ2) is 6.81. The molecule has 0 amide bonds. The quantitative estimate of drug-likeness (QED) is 0.644. The molecule has 1 N–H and O–H groups in total. The summed E-state index contributed by atoms with van der Waals surface area (Å²) in [6, 6.07) is 1.66. The molecule has 0 radical (unpaired) electrons. The topological polar surface area (TPSA) is 93.8 Å². The van der Waals surface area contributed by atoms with Crippen LogP contribution in [-0.4, -0.2) is 28.7 Å². The zero-order valence-electron chi connectivity index (χ0n) is 20.8. The minimum absolute atomic E-state index is 0.0426. The Bertz CT molecular complexity index is 1140. The van der Waals surface area contributed by atoms with Gasteiger partial charge in [-0.05, 0) is 54.2 Å². The molecular weight excluding hydrogens is 432 g/mol. The highest BCUT2D eigenvalue weighted by molar-refractivity contribution is 6.03. The molecule has 5 rings (SSSR count). The average Bonchev–Trinajstić information content (AvgIpc) is 3.33. The molecule has 1 heterocycles. The monoisotopic (exact) mass is 466 g/mol. The van der Waals surface area contributed by atoms with Crippen LogP contribution in [0.1, 0.15) is 66.4 Å². The highest BCUT2D eigenvalue weighted by atomic mass is 16.5. The fourth-order valence-corrected chi connectivity index (χ4v) is 8.65. The Hall–Kier alpha value is -2.47. The molecule has 0 saturated heterocycles. The average molecular weight is 467 g/mol. The van der Waals surface area contributed by atoms with Gasteiger partial charge in [-0.2, -0.15) is 0 Å². The number of hydrogen-bond donors (Lipinski definition) is 1. The molecule has 1 aromatic rings. The normalized spacial score (nSPS) is 44.7. The van der Waals surface area contributed by atoms with Gasteiger partial charge in [0.2, 0.25) is 0 Å². The molecule has 2 saturated carbocycles. The molecule has 0 unspecified atom stereocenters. The Kier molecular flexibility index (Phi) is 4.66. The van der Waals surface area contributed by atoms with E-state index in [-0.39, 0.29) is 29.4 Å². The first-order chi connectivity index (χ1) is 15.7. The van der Waals surface area contributed by atoms with Crippen molar-refractivity contribution in [1.82, 2.24) is 0 Å². The van der Waals surface area contributed by atoms with Crippen LogP contribution >= 0.6 is 0 Å². The molecule has 0 aromatic carbocycles. The molecule has 2 fully saturated rings. The van der Waals surface area contributed by atoms with E-state index in [9.17, 15) is 19.5 Å². The van der Waals surface area contributed by atoms with Crippen molar-refractivity contribution in [1.29, 1.82) is 0 Å². The van der Waals surface area contributed by atoms with Crippen LogP contribution in [0.2, 0.25) is 0 Å². The standard InChI is InChI=1S/C28H34O6/c1-16(29)34-18-14-26(5)19(25(4)10-8-21(30)24(2,3)23(18)25)7-11-27(6)20(26)13-22(31)28(27,32)17-9-12-33-15-17/h8-10,12-13,15,18-19,23,32H,7,11,14H2,1-6H3/t18-,19+,23+,25+,26+,27+,28-/m0/s1. The fraction of sp³-hybridized carbons (Fsp3) is 0.607. The molecule has 0 aliphatic heterocycles. The predicted molar refractivity (Wildman–Crippen MR) is 124 cm³/mol. The van der Waals surface area contributed by atoms with E-state index in [2.05, 4.69) is 13.8 Å². The smallest absolute Gasteiger partial charge is 0.302 e. The van der Waals surface area contributed by atoms with E-state index in [1.807, 2.05) is 26.8 Å². The van der Waals surface area contributed by atoms with Gasteiger partial charge in [-0.1, -0.05) is 46.3 Å². The molecule has 0 bridgehead atoms. The highest BCUT2D eigenvalue weighted by Crippen LogP contribution is 2.73. The Balaban J connectivity index is 1.68. The van der Waals surface area contributed by atoms with Crippen molar-refractivity contribution >= 4 is 17.5 Å². The fourth-order valence-electron chi connectivity index (χ4n) is 8.65. The van der Waals surface area contributed by atoms with Crippen molar-refractivity contribution in [3.8, 4) is 0 Å². The molecule has 1 aromatic heterocycles. The largest absolute Gasteiger partial charge is 0.472 e. The molecule has 7 atom stereocenters. The number of carbonyl (C=O) groups is 3. The van der Waals surface area contributed by atoms with E-state index in [1.54, 1.807) is 18.2 Å². The molecule has 4 aliphatic carbocycles. The van der Waals surface area contributed by atoms with Crippen molar-refractivity contribution in [3.63, 3.8) is 0 Å². The molecule has 4 aliphatic rings. The van der Waals surface area contributed by atoms with Crippen LogP contribution < -0.4 is 0 Å². The third kappa shape index (κ3) is 2.58. The minimum Gasteiger partial charge on any atom is -0.472 e. The first-order valence-corrected chi connectivity index (χ1v) is 12.2. The minimum atomic E-state index is -1.70. The second-order valence-electron chi connectivity index (χ2n) is 12.1. The maximum absolute atomic E-state index is 13.4. The van der Waals surface area contributed by atoms with E-state index in [0.29, 0.717) is 18.4 Å². The van der Waals surface area contributed by atoms with Gasteiger partial charge in [0.05, 0.1) is 12.5 Å². The maximum Gasteiger partial charge on any atom is 0.302 e. The summed E-state index contributed by atoms with van der Waals surface area (Å²) in [6.07, 6.45) is 9.67. The van der Waals surface area contributed by atoms with E-state index < -0.39 is 33.4 Å². The van der Waals surface area contributed by atoms with Gasteiger partial charge in [-0.15, -0.1) is 0 Å². The Morgan fingerprint density at radius 1 is 1.15 bits per heavy atom. The van der Waals surface area contributed by atoms with Gasteiger partial charge in [-0.25, -0.2) is 0 Å². The highest BCUT2D eigenvalue weighted by Gasteiger charge is 2.71. The van der Waals surface area contributed by atoms with Crippen LogP contribution in [-0.2, 0) is 24.7 Å². The Morgan fingerprint density at radius 3 is 2.47 bits per heavy atom. The number of furan rings is 1. The van der Waals surface area contributed by atoms with Gasteiger partial charge in [0.1, 0.15) is 6.10 Å². The van der Waals surface area contributed by atoms with E-state index in [1.165, 1.54) is 19.5 Å². The van der Waals surface area contributed by atoms with Crippen LogP contribution in [0.25, 0.3) is 0 Å². The van der Waals surface area contributed by atoms with Crippen molar-refractivity contribution in [2.24, 2.45) is 33.5 Å². The first-order valence-electron chi connectivity index (χ1n) is 12.2. The second-order valence-corrected chi connectivity index (χ2v) is 12.1. The lowest BCUT2D eigenvalue weighted by atomic mass is 9.38. The van der Waals surface area contributed by atoms with Gasteiger partial charge < -0.3 is 14.3 Å². The van der Waals surface area contributed by atoms with Crippen molar-refractivity contribution < 1.29 is 28.6 Å². The molecule has 34 heavy (non-hydrogen) atoms. The summed E-state index contributed by atoms with van der Waals surface area (Å²) >= 11 is 0. The number of carbonyl (C=O) groups excluding carboxylic acids is 3. The van der Waals surface area contributed by atoms with Gasteiger partial charge in [0, 0.05) is 29.2 Å². The lowest BCUT2D eigenvalue weighted by Crippen LogP contribution is -2.65. The maximum atomic E-state index is 13.4. The van der Waals surface area contributed by atoms with Crippen LogP contribution in [0.4, 0.5) is 0 Å². The number of ether oxygens (including phenoxy) is 1. The molecular formula is C28H34O6. The van der Waals surface area contributed by atoms with Crippen molar-refractivity contribution in [3.05, 3.63) is 48.0 Å². The number of esters is 1. The third-order valence-corrected chi connectivity index (χ3v) is 10.0. The van der Waals surface area contributed by atoms with Gasteiger partial charge >= 0.3 is 5.97 Å². The summed E-state index contributed by atoms with van der Waals surface area (Å²) in [5, 5.41) is 11.9. The van der Waals surface area contributed by atoms with Crippen molar-refractivity contribution in [2.45, 2.75) is 72.5 Å². The third-order valence-electron chi connectivity index (χ3n) is 10.0. The summed E-state index contributed by atoms with van der Waals surface area (Å²) in [4.78, 5) is 38.6. The summed E-state index contributed by atoms with van der Waals surface area (Å²) < 4.78 is 11.2. The first kappa shape index (κ1) is 23.3.